The zero-order chi connectivity index (χ0) is 18.7. The van der Waals surface area contributed by atoms with E-state index in [2.05, 4.69) is 84.9 Å². The van der Waals surface area contributed by atoms with Gasteiger partial charge in [0.1, 0.15) is 0 Å². The topological polar surface area (TPSA) is 0 Å². The monoisotopic (exact) mass is 584 g/mol. The van der Waals surface area contributed by atoms with Crippen molar-refractivity contribution in [2.45, 2.75) is 0 Å². The van der Waals surface area contributed by atoms with Gasteiger partial charge in [-0.05, 0) is 0 Å². The second kappa shape index (κ2) is 8.17. The first kappa shape index (κ1) is 18.7. The molecule has 0 aliphatic carbocycles. The van der Waals surface area contributed by atoms with Crippen molar-refractivity contribution in [3.8, 4) is 0 Å². The predicted octanol–water partition coefficient (Wildman–Crippen LogP) is 4.37. The molecule has 4 aromatic carbocycles. The molecule has 0 radical (unpaired) electrons. The summed E-state index contributed by atoms with van der Waals surface area (Å²) in [5, 5.41) is 1.52. The van der Waals surface area contributed by atoms with Crippen LogP contribution in [0.2, 0.25) is 10.0 Å². The van der Waals surface area contributed by atoms with E-state index in [1.165, 1.54) is 12.5 Å². The van der Waals surface area contributed by atoms with Gasteiger partial charge in [-0.15, -0.1) is 0 Å². The molecule has 27 heavy (non-hydrogen) atoms. The summed E-state index contributed by atoms with van der Waals surface area (Å²) in [6.45, 7) is 0. The Morgan fingerprint density at radius 3 is 1.00 bits per heavy atom. The molecule has 132 valence electrons. The van der Waals surface area contributed by atoms with Crippen molar-refractivity contribution in [1.82, 2.24) is 0 Å². The van der Waals surface area contributed by atoms with Gasteiger partial charge in [-0.3, -0.25) is 0 Å². The molecule has 0 atom stereocenters. The first-order chi connectivity index (χ1) is 13.2. The summed E-state index contributed by atoms with van der Waals surface area (Å²) in [4.78, 5) is 0. The number of hydrogen-bond acceptors (Lipinski definition) is 0. The minimum absolute atomic E-state index is 0.762. The molecule has 4 rings (SSSR count). The Hall–Kier alpha value is -1.62. The molecular formula is C24H18Cl2Pb. The molecule has 0 unspecified atom stereocenters. The van der Waals surface area contributed by atoms with Crippen LogP contribution in [0.1, 0.15) is 0 Å². The van der Waals surface area contributed by atoms with Gasteiger partial charge in [0.15, 0.2) is 0 Å². The van der Waals surface area contributed by atoms with E-state index in [-0.39, 0.29) is 0 Å². The van der Waals surface area contributed by atoms with E-state index in [1.54, 1.807) is 0 Å². The summed E-state index contributed by atoms with van der Waals surface area (Å²) in [6, 6.07) is 38.7. The average Bonchev–Trinajstić information content (AvgIpc) is 2.73. The molecule has 0 spiro atoms. The van der Waals surface area contributed by atoms with Crippen molar-refractivity contribution in [3.05, 3.63) is 119 Å². The molecule has 4 aromatic rings. The van der Waals surface area contributed by atoms with E-state index in [4.69, 9.17) is 23.2 Å². The quantitative estimate of drug-likeness (QED) is 0.313. The summed E-state index contributed by atoms with van der Waals surface area (Å²) in [7, 11) is 0. The van der Waals surface area contributed by atoms with Crippen LogP contribution in [0, 0.1) is 0 Å². The molecule has 0 aliphatic heterocycles. The molecule has 3 heteroatoms. The van der Waals surface area contributed by atoms with Crippen molar-refractivity contribution in [2.24, 2.45) is 0 Å². The Morgan fingerprint density at radius 2 is 0.667 bits per heavy atom. The third-order valence-corrected chi connectivity index (χ3v) is 24.1. The van der Waals surface area contributed by atoms with Gasteiger partial charge in [0.25, 0.3) is 0 Å². The van der Waals surface area contributed by atoms with E-state index in [0.29, 0.717) is 0 Å². The fraction of sp³-hybridized carbons (Fsp3) is 0. The van der Waals surface area contributed by atoms with Crippen molar-refractivity contribution < 1.29 is 0 Å². The molecule has 0 amide bonds. The Kier molecular flexibility index (Phi) is 5.67. The van der Waals surface area contributed by atoms with Crippen LogP contribution < -0.4 is 12.5 Å². The molecule has 0 saturated carbocycles. The first-order valence-electron chi connectivity index (χ1n) is 8.84. The molecule has 0 N–H and O–H groups in total. The molecule has 0 aliphatic rings. The van der Waals surface area contributed by atoms with Gasteiger partial charge in [-0.25, -0.2) is 0 Å². The van der Waals surface area contributed by atoms with Crippen molar-refractivity contribution in [1.29, 1.82) is 0 Å². The van der Waals surface area contributed by atoms with E-state index in [9.17, 15) is 0 Å². The van der Waals surface area contributed by atoms with E-state index >= 15 is 0 Å². The van der Waals surface area contributed by atoms with Gasteiger partial charge in [0, 0.05) is 0 Å². The molecule has 0 bridgehead atoms. The van der Waals surface area contributed by atoms with Crippen molar-refractivity contribution >= 4 is 56.9 Å². The minimum atomic E-state index is -3.66. The van der Waals surface area contributed by atoms with Crippen LogP contribution in [-0.2, 0) is 0 Å². The third kappa shape index (κ3) is 3.58. The number of benzene rings is 4. The zero-order valence-corrected chi connectivity index (χ0v) is 20.0. The second-order valence-electron chi connectivity index (χ2n) is 6.50. The van der Waals surface area contributed by atoms with Gasteiger partial charge in [0.2, 0.25) is 0 Å². The van der Waals surface area contributed by atoms with E-state index < -0.39 is 21.2 Å². The van der Waals surface area contributed by atoms with Crippen LogP contribution in [0.25, 0.3) is 0 Å². The normalized spacial score (nSPS) is 11.3. The summed E-state index contributed by atoms with van der Waals surface area (Å²) in [5.41, 5.74) is 0. The Labute approximate surface area is 175 Å². The van der Waals surface area contributed by atoms with Crippen molar-refractivity contribution in [3.63, 3.8) is 0 Å². The van der Waals surface area contributed by atoms with Gasteiger partial charge >= 0.3 is 176 Å². The van der Waals surface area contributed by atoms with Gasteiger partial charge in [-0.2, -0.15) is 0 Å². The Morgan fingerprint density at radius 1 is 0.370 bits per heavy atom. The SMILES string of the molecule is Clc1cc[c]([Pb]([c]2ccccc2)([c]2ccccc2)[c]2ccc(Cl)cc2)cc1. The average molecular weight is 585 g/mol. The molecule has 0 nitrogen and oxygen atoms in total. The summed E-state index contributed by atoms with van der Waals surface area (Å²) in [6.07, 6.45) is 0. The maximum absolute atomic E-state index is 6.23. The van der Waals surface area contributed by atoms with Crippen LogP contribution >= 0.6 is 23.2 Å². The summed E-state index contributed by atoms with van der Waals surface area (Å²) < 4.78 is 5.60. The van der Waals surface area contributed by atoms with Gasteiger partial charge < -0.3 is 0 Å². The van der Waals surface area contributed by atoms with Crippen LogP contribution in [0.15, 0.2) is 109 Å². The second-order valence-corrected chi connectivity index (χ2v) is 22.2. The number of rotatable bonds is 4. The number of hydrogen-bond donors (Lipinski definition) is 0. The zero-order valence-electron chi connectivity index (χ0n) is 14.6. The molecule has 0 heterocycles. The fourth-order valence-electron chi connectivity index (χ4n) is 3.78. The standard InChI is InChI=1S/2C6H4Cl.2C6H5.Pb/c2*7-6-4-2-1-3-5-6;2*1-2-4-6-5-3-1;/h2*2-5H;2*1-5H;. The predicted molar refractivity (Wildman–Crippen MR) is 120 cm³/mol. The summed E-state index contributed by atoms with van der Waals surface area (Å²) in [5.74, 6) is 0. The molecule has 0 saturated heterocycles. The summed E-state index contributed by atoms with van der Waals surface area (Å²) >= 11 is 8.79. The van der Waals surface area contributed by atoms with Crippen LogP contribution in [-0.4, -0.2) is 21.2 Å². The van der Waals surface area contributed by atoms with Crippen LogP contribution in [0.3, 0.4) is 0 Å². The van der Waals surface area contributed by atoms with Crippen LogP contribution in [0.5, 0.6) is 0 Å². The Bertz CT molecular complexity index is 924. The van der Waals surface area contributed by atoms with Gasteiger partial charge in [0.05, 0.1) is 0 Å². The molecule has 0 aromatic heterocycles. The molecular weight excluding hydrogens is 566 g/mol. The van der Waals surface area contributed by atoms with Crippen LogP contribution in [0.4, 0.5) is 0 Å². The van der Waals surface area contributed by atoms with Crippen molar-refractivity contribution in [2.75, 3.05) is 0 Å². The Balaban J connectivity index is 2.11. The number of halogens is 2. The third-order valence-electron chi connectivity index (χ3n) is 4.97. The fourth-order valence-corrected chi connectivity index (χ4v) is 22.4. The maximum atomic E-state index is 6.23. The van der Waals surface area contributed by atoms with E-state index in [1.807, 2.05) is 24.3 Å². The van der Waals surface area contributed by atoms with E-state index in [0.717, 1.165) is 10.0 Å². The first-order valence-corrected chi connectivity index (χ1v) is 17.4. The van der Waals surface area contributed by atoms with Gasteiger partial charge in [-0.1, -0.05) is 0 Å². The molecule has 0 fully saturated rings.